The summed E-state index contributed by atoms with van der Waals surface area (Å²) < 4.78 is 2.46. The second kappa shape index (κ2) is 15.7. The standard InChI is InChI=1S/C45H52N2O2/c1-7-9-14-21-34-27-29-38-37(33-34)44(3,4)40(46(38)31-8-2)24-15-11-10-12-16-25-41-45(5,6)43-36-23-19-18-22-35(36)28-30-39(43)47(41)32-20-13-17-26-42(48)49/h7,9-12,14-16,18-19,21-25,27-30H,1,8,13,17,20,26,31-33H2,2-6H3/p+1/b14-9-,34-21-. The number of benzene rings is 2. The molecule has 0 aromatic heterocycles. The zero-order valence-electron chi connectivity index (χ0n) is 30.1. The second-order valence-electron chi connectivity index (χ2n) is 14.2. The predicted molar refractivity (Wildman–Crippen MR) is 207 cm³/mol. The Morgan fingerprint density at radius 2 is 1.65 bits per heavy atom. The summed E-state index contributed by atoms with van der Waals surface area (Å²) in [7, 11) is 0. The van der Waals surface area contributed by atoms with Crippen molar-refractivity contribution < 1.29 is 14.5 Å². The molecule has 1 aliphatic carbocycles. The Morgan fingerprint density at radius 3 is 2.43 bits per heavy atom. The smallest absolute Gasteiger partial charge is 0.303 e. The Bertz CT molecular complexity index is 1870. The highest BCUT2D eigenvalue weighted by atomic mass is 16.4. The van der Waals surface area contributed by atoms with E-state index >= 15 is 0 Å². The topological polar surface area (TPSA) is 43.6 Å². The van der Waals surface area contributed by atoms with Crippen molar-refractivity contribution in [1.82, 2.24) is 4.90 Å². The summed E-state index contributed by atoms with van der Waals surface area (Å²) in [6, 6.07) is 13.1. The molecule has 1 N–H and O–H groups in total. The Balaban J connectivity index is 1.35. The molecule has 4 heteroatoms. The third-order valence-corrected chi connectivity index (χ3v) is 10.1. The molecule has 2 aliphatic heterocycles. The van der Waals surface area contributed by atoms with Gasteiger partial charge in [-0.05, 0) is 79.7 Å². The van der Waals surface area contributed by atoms with E-state index in [9.17, 15) is 4.79 Å². The number of hydrogen-bond donors (Lipinski definition) is 1. The van der Waals surface area contributed by atoms with Crippen LogP contribution in [0, 0.1) is 5.41 Å². The Labute approximate surface area is 293 Å². The molecule has 2 aromatic rings. The van der Waals surface area contributed by atoms with Crippen LogP contribution in [0.2, 0.25) is 0 Å². The third kappa shape index (κ3) is 7.64. The lowest BCUT2D eigenvalue weighted by Gasteiger charge is -2.28. The minimum Gasteiger partial charge on any atom is -0.481 e. The van der Waals surface area contributed by atoms with E-state index < -0.39 is 5.97 Å². The van der Waals surface area contributed by atoms with Crippen molar-refractivity contribution in [3.8, 4) is 0 Å². The van der Waals surface area contributed by atoms with Gasteiger partial charge in [0.25, 0.3) is 0 Å². The van der Waals surface area contributed by atoms with Crippen LogP contribution in [0.25, 0.3) is 10.8 Å². The number of hydrogen-bond acceptors (Lipinski definition) is 2. The van der Waals surface area contributed by atoms with Crippen molar-refractivity contribution >= 4 is 28.1 Å². The first-order valence-electron chi connectivity index (χ1n) is 17.9. The van der Waals surface area contributed by atoms with Crippen LogP contribution < -0.4 is 0 Å². The summed E-state index contributed by atoms with van der Waals surface area (Å²) in [6.07, 6.45) is 32.7. The number of carboxylic acid groups (broad SMARTS) is 1. The van der Waals surface area contributed by atoms with Gasteiger partial charge in [-0.15, -0.1) is 0 Å². The van der Waals surface area contributed by atoms with E-state index in [0.717, 1.165) is 38.8 Å². The van der Waals surface area contributed by atoms with Crippen LogP contribution in [0.3, 0.4) is 0 Å². The van der Waals surface area contributed by atoms with Crippen LogP contribution in [0.4, 0.5) is 5.69 Å². The largest absolute Gasteiger partial charge is 0.481 e. The summed E-state index contributed by atoms with van der Waals surface area (Å²) in [5.74, 6) is -0.719. The van der Waals surface area contributed by atoms with Crippen molar-refractivity contribution in [3.63, 3.8) is 0 Å². The number of carboxylic acids is 1. The van der Waals surface area contributed by atoms with Gasteiger partial charge in [0, 0.05) is 53.9 Å². The van der Waals surface area contributed by atoms with Crippen molar-refractivity contribution in [2.24, 2.45) is 5.41 Å². The molecular weight excluding hydrogens is 601 g/mol. The molecule has 254 valence electrons. The molecule has 3 aliphatic rings. The lowest BCUT2D eigenvalue weighted by Crippen LogP contribution is -2.28. The summed E-state index contributed by atoms with van der Waals surface area (Å²) in [6.45, 7) is 17.3. The lowest BCUT2D eigenvalue weighted by atomic mass is 9.78. The number of allylic oxidation sites excluding steroid dienone is 15. The van der Waals surface area contributed by atoms with Crippen molar-refractivity contribution in [2.75, 3.05) is 13.1 Å². The number of carbonyl (C=O) groups is 1. The number of rotatable bonds is 14. The van der Waals surface area contributed by atoms with Gasteiger partial charge in [-0.2, -0.15) is 4.58 Å². The molecule has 0 radical (unpaired) electrons. The summed E-state index contributed by atoms with van der Waals surface area (Å²) in [5, 5.41) is 11.6. The van der Waals surface area contributed by atoms with Gasteiger partial charge < -0.3 is 10.0 Å². The number of nitrogens with zero attached hydrogens (tertiary/aromatic N) is 2. The molecule has 4 nitrogen and oxygen atoms in total. The van der Waals surface area contributed by atoms with Gasteiger partial charge in [0.2, 0.25) is 5.69 Å². The van der Waals surface area contributed by atoms with E-state index in [4.69, 9.17) is 5.11 Å². The maximum absolute atomic E-state index is 11.0. The van der Waals surface area contributed by atoms with E-state index in [2.05, 4.69) is 154 Å². The molecule has 0 atom stereocenters. The Kier molecular flexibility index (Phi) is 11.4. The molecule has 0 bridgehead atoms. The van der Waals surface area contributed by atoms with Gasteiger partial charge in [-0.1, -0.05) is 112 Å². The molecule has 0 saturated heterocycles. The van der Waals surface area contributed by atoms with Gasteiger partial charge in [0.1, 0.15) is 6.54 Å². The fourth-order valence-corrected chi connectivity index (χ4v) is 7.68. The molecule has 0 unspecified atom stereocenters. The monoisotopic (exact) mass is 653 g/mol. The van der Waals surface area contributed by atoms with Crippen molar-refractivity contribution in [2.45, 2.75) is 78.6 Å². The van der Waals surface area contributed by atoms with Crippen molar-refractivity contribution in [3.05, 3.63) is 150 Å². The van der Waals surface area contributed by atoms with Gasteiger partial charge in [-0.25, -0.2) is 0 Å². The quantitative estimate of drug-likeness (QED) is 0.125. The fourth-order valence-electron chi connectivity index (χ4n) is 7.68. The van der Waals surface area contributed by atoms with E-state index in [1.807, 2.05) is 12.2 Å². The third-order valence-electron chi connectivity index (χ3n) is 10.1. The predicted octanol–water partition coefficient (Wildman–Crippen LogP) is 11.0. The van der Waals surface area contributed by atoms with Crippen LogP contribution in [-0.2, 0) is 10.2 Å². The zero-order valence-corrected chi connectivity index (χ0v) is 30.1. The average Bonchev–Trinajstić information content (AvgIpc) is 3.42. The minimum atomic E-state index is -0.719. The first-order valence-corrected chi connectivity index (χ1v) is 17.9. The van der Waals surface area contributed by atoms with Gasteiger partial charge >= 0.3 is 5.97 Å². The van der Waals surface area contributed by atoms with Crippen LogP contribution in [0.1, 0.15) is 78.7 Å². The molecule has 0 spiro atoms. The highest BCUT2D eigenvalue weighted by molar-refractivity contribution is 6.07. The SMILES string of the molecule is C=C/C=C\C=C1\C=CC2=C(C1)C(C)(C)/C(=C/C=C/C=C/C=C/C1=[N+](CCCCCC(=O)O)c3ccc4ccccc4c3C1(C)C)N2CCC. The molecule has 49 heavy (non-hydrogen) atoms. The van der Waals surface area contributed by atoms with Gasteiger partial charge in [-0.3, -0.25) is 4.79 Å². The summed E-state index contributed by atoms with van der Waals surface area (Å²) in [5.41, 5.74) is 9.18. The van der Waals surface area contributed by atoms with Crippen LogP contribution in [0.5, 0.6) is 0 Å². The highest BCUT2D eigenvalue weighted by Gasteiger charge is 2.45. The van der Waals surface area contributed by atoms with Crippen LogP contribution in [0.15, 0.2) is 145 Å². The molecule has 0 amide bonds. The minimum absolute atomic E-state index is 0.0502. The van der Waals surface area contributed by atoms with E-state index in [1.165, 1.54) is 50.3 Å². The molecule has 2 aromatic carbocycles. The number of fused-ring (bicyclic) bond motifs is 3. The average molecular weight is 654 g/mol. The molecular formula is C45H53N2O2+. The maximum atomic E-state index is 11.0. The Hall–Kier alpha value is -4.70. The van der Waals surface area contributed by atoms with Crippen LogP contribution >= 0.6 is 0 Å². The van der Waals surface area contributed by atoms with Gasteiger partial charge in [0.05, 0.1) is 5.41 Å². The summed E-state index contributed by atoms with van der Waals surface area (Å²) >= 11 is 0. The van der Waals surface area contributed by atoms with Crippen LogP contribution in [-0.4, -0.2) is 39.4 Å². The maximum Gasteiger partial charge on any atom is 0.303 e. The first kappa shape index (κ1) is 35.6. The Morgan fingerprint density at radius 1 is 0.898 bits per heavy atom. The first-order chi connectivity index (χ1) is 23.6. The second-order valence-corrected chi connectivity index (χ2v) is 14.2. The van der Waals surface area contributed by atoms with Gasteiger partial charge in [0.15, 0.2) is 5.71 Å². The number of unbranched alkanes of at least 4 members (excludes halogenated alkanes) is 2. The number of aliphatic carboxylic acids is 1. The van der Waals surface area contributed by atoms with E-state index in [-0.39, 0.29) is 17.3 Å². The molecule has 0 saturated carbocycles. The normalized spacial score (nSPS) is 20.1. The lowest BCUT2D eigenvalue weighted by molar-refractivity contribution is -0.438. The summed E-state index contributed by atoms with van der Waals surface area (Å²) in [4.78, 5) is 13.6. The molecule has 5 rings (SSSR count). The fraction of sp³-hybridized carbons (Fsp3) is 0.333. The zero-order chi connectivity index (χ0) is 35.0. The molecule has 2 heterocycles. The highest BCUT2D eigenvalue weighted by Crippen LogP contribution is 2.51. The van der Waals surface area contributed by atoms with E-state index in [1.54, 1.807) is 0 Å². The van der Waals surface area contributed by atoms with Crippen molar-refractivity contribution in [1.29, 1.82) is 0 Å². The van der Waals surface area contributed by atoms with E-state index in [0.29, 0.717) is 6.42 Å². The molecule has 0 fully saturated rings.